The molecule has 0 saturated carbocycles. The van der Waals surface area contributed by atoms with Gasteiger partial charge in [-0.25, -0.2) is 0 Å². The first-order chi connectivity index (χ1) is 17.8. The van der Waals surface area contributed by atoms with Crippen LogP contribution in [-0.2, 0) is 0 Å². The molecule has 0 bridgehead atoms. The minimum atomic E-state index is 0.788. The van der Waals surface area contributed by atoms with Gasteiger partial charge in [0.25, 0.3) is 0 Å². The van der Waals surface area contributed by atoms with E-state index in [1.54, 1.807) is 0 Å². The Morgan fingerprint density at radius 2 is 0.778 bits per heavy atom. The highest BCUT2D eigenvalue weighted by atomic mass is 15.1. The maximum Gasteiger partial charge on any atom is 0.0163 e. The van der Waals surface area contributed by atoms with Gasteiger partial charge in [0, 0.05) is 13.1 Å². The molecule has 4 heteroatoms. The van der Waals surface area contributed by atoms with Crippen LogP contribution in [0, 0.1) is 0 Å². The molecule has 36 heavy (non-hydrogen) atoms. The van der Waals surface area contributed by atoms with E-state index in [2.05, 4.69) is 48.0 Å². The fourth-order valence-corrected chi connectivity index (χ4v) is 4.66. The Kier molecular flexibility index (Phi) is 30.0. The highest BCUT2D eigenvalue weighted by Crippen LogP contribution is 2.09. The Morgan fingerprint density at radius 1 is 0.417 bits per heavy atom. The molecule has 0 spiro atoms. The van der Waals surface area contributed by atoms with E-state index in [0.29, 0.717) is 0 Å². The van der Waals surface area contributed by atoms with Crippen molar-refractivity contribution in [2.75, 3.05) is 52.4 Å². The van der Waals surface area contributed by atoms with Crippen molar-refractivity contribution < 1.29 is 0 Å². The van der Waals surface area contributed by atoms with Crippen molar-refractivity contribution in [2.24, 2.45) is 11.5 Å². The summed E-state index contributed by atoms with van der Waals surface area (Å²) in [5, 5.41) is 0. The topological polar surface area (TPSA) is 58.5 Å². The summed E-state index contributed by atoms with van der Waals surface area (Å²) in [5.41, 5.74) is 11.6. The first-order valence-corrected chi connectivity index (χ1v) is 15.9. The molecule has 0 amide bonds. The lowest BCUT2D eigenvalue weighted by molar-refractivity contribution is 0.263. The maximum absolute atomic E-state index is 5.80. The van der Waals surface area contributed by atoms with Gasteiger partial charge in [-0.1, -0.05) is 102 Å². The number of unbranched alkanes of at least 4 members (excludes halogenated alkanes) is 13. The van der Waals surface area contributed by atoms with Crippen LogP contribution in [0.15, 0.2) is 24.3 Å². The summed E-state index contributed by atoms with van der Waals surface area (Å²) < 4.78 is 0. The van der Waals surface area contributed by atoms with E-state index < -0.39 is 0 Å². The summed E-state index contributed by atoms with van der Waals surface area (Å²) in [6.45, 7) is 12.9. The summed E-state index contributed by atoms with van der Waals surface area (Å²) in [6, 6.07) is 0. The lowest BCUT2D eigenvalue weighted by atomic mass is 10.1. The molecular formula is C32H66N4. The second-order valence-corrected chi connectivity index (χ2v) is 10.6. The van der Waals surface area contributed by atoms with Gasteiger partial charge in [0.15, 0.2) is 0 Å². The third-order valence-corrected chi connectivity index (χ3v) is 7.06. The predicted molar refractivity (Wildman–Crippen MR) is 164 cm³/mol. The second kappa shape index (κ2) is 30.5. The minimum Gasteiger partial charge on any atom is -0.330 e. The van der Waals surface area contributed by atoms with Crippen LogP contribution >= 0.6 is 0 Å². The fourth-order valence-electron chi connectivity index (χ4n) is 4.66. The van der Waals surface area contributed by atoms with Crippen molar-refractivity contribution in [3.05, 3.63) is 24.3 Å². The van der Waals surface area contributed by atoms with Gasteiger partial charge in [-0.05, 0) is 90.6 Å². The molecule has 0 atom stereocenters. The van der Waals surface area contributed by atoms with Crippen LogP contribution in [0.2, 0.25) is 0 Å². The van der Waals surface area contributed by atoms with Crippen LogP contribution in [-0.4, -0.2) is 62.2 Å². The zero-order valence-electron chi connectivity index (χ0n) is 24.7. The summed E-state index contributed by atoms with van der Waals surface area (Å²) in [6.07, 6.45) is 33.3. The normalized spacial score (nSPS) is 12.3. The van der Waals surface area contributed by atoms with Gasteiger partial charge in [0.2, 0.25) is 0 Å². The van der Waals surface area contributed by atoms with E-state index in [-0.39, 0.29) is 0 Å². The average molecular weight is 507 g/mol. The molecule has 4 nitrogen and oxygen atoms in total. The van der Waals surface area contributed by atoms with Crippen molar-refractivity contribution in [1.82, 2.24) is 9.80 Å². The Morgan fingerprint density at radius 3 is 1.17 bits per heavy atom. The Bertz CT molecular complexity index is 421. The Labute approximate surface area is 227 Å². The summed E-state index contributed by atoms with van der Waals surface area (Å²) in [5.74, 6) is 0. The molecular weight excluding hydrogens is 440 g/mol. The van der Waals surface area contributed by atoms with Gasteiger partial charge >= 0.3 is 0 Å². The molecule has 0 aromatic carbocycles. The number of rotatable bonds is 29. The highest BCUT2D eigenvalue weighted by Gasteiger charge is 2.05. The third kappa shape index (κ3) is 26.4. The fraction of sp³-hybridized carbons (Fsp3) is 0.875. The lowest BCUT2D eigenvalue weighted by Gasteiger charge is -2.23. The van der Waals surface area contributed by atoms with Crippen LogP contribution in [0.25, 0.3) is 0 Å². The van der Waals surface area contributed by atoms with E-state index in [1.165, 1.54) is 116 Å². The number of nitrogens with two attached hydrogens (primary N) is 2. The summed E-state index contributed by atoms with van der Waals surface area (Å²) in [4.78, 5) is 5.19. The molecule has 0 aromatic rings. The first kappa shape index (κ1) is 35.3. The number of allylic oxidation sites excluding steroid dienone is 2. The van der Waals surface area contributed by atoms with E-state index in [4.69, 9.17) is 11.5 Å². The van der Waals surface area contributed by atoms with Crippen molar-refractivity contribution in [2.45, 2.75) is 129 Å². The van der Waals surface area contributed by atoms with Gasteiger partial charge < -0.3 is 11.5 Å². The smallest absolute Gasteiger partial charge is 0.0163 e. The average Bonchev–Trinajstić information content (AvgIpc) is 2.89. The van der Waals surface area contributed by atoms with Crippen LogP contribution in [0.3, 0.4) is 0 Å². The quantitative estimate of drug-likeness (QED) is 0.0806. The van der Waals surface area contributed by atoms with E-state index >= 15 is 0 Å². The Hall–Kier alpha value is -0.680. The highest BCUT2D eigenvalue weighted by molar-refractivity contribution is 4.86. The van der Waals surface area contributed by atoms with E-state index in [1.807, 2.05) is 0 Å². The zero-order chi connectivity index (χ0) is 26.4. The van der Waals surface area contributed by atoms with Crippen molar-refractivity contribution in [1.29, 1.82) is 0 Å². The molecule has 0 aromatic heterocycles. The molecule has 0 unspecified atom stereocenters. The van der Waals surface area contributed by atoms with E-state index in [9.17, 15) is 0 Å². The van der Waals surface area contributed by atoms with Gasteiger partial charge in [-0.3, -0.25) is 9.80 Å². The molecule has 0 rings (SSSR count). The van der Waals surface area contributed by atoms with Crippen molar-refractivity contribution >= 4 is 0 Å². The van der Waals surface area contributed by atoms with Crippen molar-refractivity contribution in [3.8, 4) is 0 Å². The van der Waals surface area contributed by atoms with Crippen LogP contribution in [0.5, 0.6) is 0 Å². The van der Waals surface area contributed by atoms with Gasteiger partial charge in [0.05, 0.1) is 0 Å². The van der Waals surface area contributed by atoms with Gasteiger partial charge in [0.1, 0.15) is 0 Å². The monoisotopic (exact) mass is 507 g/mol. The van der Waals surface area contributed by atoms with E-state index in [0.717, 1.165) is 52.1 Å². The standard InChI is InChI=1S/C32H66N4/c1-3-5-7-9-11-13-15-17-19-27-35(31-23-25-33)29-21-22-30-36(32-24-26-34)28-20-18-16-14-12-10-8-6-4-2/h17-20H,3-16,21-34H2,1-2H3/b19-17-,20-18-. The van der Waals surface area contributed by atoms with Gasteiger partial charge in [-0.15, -0.1) is 0 Å². The van der Waals surface area contributed by atoms with Crippen LogP contribution in [0.1, 0.15) is 129 Å². The summed E-state index contributed by atoms with van der Waals surface area (Å²) >= 11 is 0. The third-order valence-electron chi connectivity index (χ3n) is 7.06. The molecule has 214 valence electrons. The predicted octanol–water partition coefficient (Wildman–Crippen LogP) is 7.68. The molecule has 0 aliphatic heterocycles. The first-order valence-electron chi connectivity index (χ1n) is 15.9. The van der Waals surface area contributed by atoms with Gasteiger partial charge in [-0.2, -0.15) is 0 Å². The second-order valence-electron chi connectivity index (χ2n) is 10.6. The minimum absolute atomic E-state index is 0.788. The van der Waals surface area contributed by atoms with Crippen LogP contribution in [0.4, 0.5) is 0 Å². The maximum atomic E-state index is 5.80. The number of hydrogen-bond acceptors (Lipinski definition) is 4. The Balaban J connectivity index is 4.12. The molecule has 0 aliphatic rings. The number of nitrogens with zero attached hydrogens (tertiary/aromatic N) is 2. The SMILES string of the molecule is CCCCCCCC/C=C\CN(CCCN)CCCCN(C/C=C\CCCCCCCC)CCCN. The molecule has 0 aliphatic carbocycles. The lowest BCUT2D eigenvalue weighted by Crippen LogP contribution is -2.30. The molecule has 0 saturated heterocycles. The van der Waals surface area contributed by atoms with Crippen molar-refractivity contribution in [3.63, 3.8) is 0 Å². The van der Waals surface area contributed by atoms with Crippen LogP contribution < -0.4 is 11.5 Å². The molecule has 0 fully saturated rings. The molecule has 4 N–H and O–H groups in total. The molecule has 0 radical (unpaired) electrons. The largest absolute Gasteiger partial charge is 0.330 e. The number of hydrogen-bond donors (Lipinski definition) is 2. The molecule has 0 heterocycles. The zero-order valence-corrected chi connectivity index (χ0v) is 24.7. The summed E-state index contributed by atoms with van der Waals surface area (Å²) in [7, 11) is 0.